The Hall–Kier alpha value is -0.710. The molecule has 1 aliphatic rings. The molecule has 0 saturated heterocycles. The van der Waals surface area contributed by atoms with Gasteiger partial charge in [0, 0.05) is 31.3 Å². The summed E-state index contributed by atoms with van der Waals surface area (Å²) in [7, 11) is 0. The van der Waals surface area contributed by atoms with Gasteiger partial charge in [-0.2, -0.15) is 0 Å². The van der Waals surface area contributed by atoms with Crippen molar-refractivity contribution in [1.82, 2.24) is 5.32 Å². The van der Waals surface area contributed by atoms with Gasteiger partial charge in [0.15, 0.2) is 0 Å². The molecule has 0 spiro atoms. The maximum absolute atomic E-state index is 12.9. The molecule has 1 saturated carbocycles. The summed E-state index contributed by atoms with van der Waals surface area (Å²) in [5, 5.41) is 2.80. The van der Waals surface area contributed by atoms with Gasteiger partial charge in [0.25, 0.3) is 0 Å². The predicted molar refractivity (Wildman–Crippen MR) is 62.8 cm³/mol. The molecule has 1 unspecified atom stereocenters. The topological polar surface area (TPSA) is 55.1 Å². The molecule has 1 fully saturated rings. The Morgan fingerprint density at radius 3 is 2.59 bits per heavy atom. The molecule has 0 aromatic rings. The summed E-state index contributed by atoms with van der Waals surface area (Å²) in [6, 6.07) is 0.139. The summed E-state index contributed by atoms with van der Waals surface area (Å²) < 4.78 is 25.8. The molecule has 3 N–H and O–H groups in total. The summed E-state index contributed by atoms with van der Waals surface area (Å²) in [6.07, 6.45) is 1.98. The highest BCUT2D eigenvalue weighted by Gasteiger charge is 2.37. The standard InChI is InChI=1S/C12H22F2N2O/c1-9(15)3-2-8-16-11(17)10-4-6-12(13,14)7-5-10/h9-10H,2-8,15H2,1H3,(H,16,17). The van der Waals surface area contributed by atoms with E-state index in [0.29, 0.717) is 19.4 Å². The molecular formula is C12H22F2N2O. The van der Waals surface area contributed by atoms with Crippen molar-refractivity contribution in [3.63, 3.8) is 0 Å². The van der Waals surface area contributed by atoms with Crippen molar-refractivity contribution < 1.29 is 13.6 Å². The van der Waals surface area contributed by atoms with E-state index in [1.165, 1.54) is 0 Å². The van der Waals surface area contributed by atoms with Gasteiger partial charge >= 0.3 is 0 Å². The van der Waals surface area contributed by atoms with Crippen molar-refractivity contribution >= 4 is 5.91 Å². The predicted octanol–water partition coefficient (Wildman–Crippen LogP) is 2.06. The minimum Gasteiger partial charge on any atom is -0.356 e. The van der Waals surface area contributed by atoms with Crippen molar-refractivity contribution in [2.75, 3.05) is 6.54 Å². The largest absolute Gasteiger partial charge is 0.356 e. The zero-order valence-corrected chi connectivity index (χ0v) is 10.3. The molecule has 0 aliphatic heterocycles. The third-order valence-electron chi connectivity index (χ3n) is 3.22. The van der Waals surface area contributed by atoms with E-state index in [4.69, 9.17) is 5.73 Å². The quantitative estimate of drug-likeness (QED) is 0.732. The van der Waals surface area contributed by atoms with Crippen LogP contribution in [-0.4, -0.2) is 24.4 Å². The van der Waals surface area contributed by atoms with Crippen LogP contribution < -0.4 is 11.1 Å². The van der Waals surface area contributed by atoms with Gasteiger partial charge in [-0.15, -0.1) is 0 Å². The van der Waals surface area contributed by atoms with E-state index in [1.807, 2.05) is 6.92 Å². The van der Waals surface area contributed by atoms with E-state index in [9.17, 15) is 13.6 Å². The maximum Gasteiger partial charge on any atom is 0.248 e. The van der Waals surface area contributed by atoms with Crippen molar-refractivity contribution in [3.05, 3.63) is 0 Å². The number of nitrogens with two attached hydrogens (primary N) is 1. The molecule has 5 heteroatoms. The minimum atomic E-state index is -2.56. The Kier molecular flexibility index (Phi) is 5.31. The molecule has 100 valence electrons. The fraction of sp³-hybridized carbons (Fsp3) is 0.917. The molecule has 1 aliphatic carbocycles. The van der Waals surface area contributed by atoms with Gasteiger partial charge in [0.05, 0.1) is 0 Å². The van der Waals surface area contributed by atoms with Crippen LogP contribution in [0.2, 0.25) is 0 Å². The van der Waals surface area contributed by atoms with Crippen LogP contribution in [0.3, 0.4) is 0 Å². The lowest BCUT2D eigenvalue weighted by molar-refractivity contribution is -0.129. The van der Waals surface area contributed by atoms with E-state index < -0.39 is 5.92 Å². The molecule has 17 heavy (non-hydrogen) atoms. The summed E-state index contributed by atoms with van der Waals surface area (Å²) >= 11 is 0. The first-order chi connectivity index (χ1) is 7.91. The van der Waals surface area contributed by atoms with E-state index in [0.717, 1.165) is 12.8 Å². The van der Waals surface area contributed by atoms with Crippen LogP contribution >= 0.6 is 0 Å². The molecule has 0 radical (unpaired) electrons. The Labute approximate surface area is 101 Å². The highest BCUT2D eigenvalue weighted by Crippen LogP contribution is 2.36. The lowest BCUT2D eigenvalue weighted by Crippen LogP contribution is -2.36. The molecule has 3 nitrogen and oxygen atoms in total. The van der Waals surface area contributed by atoms with Gasteiger partial charge in [0.2, 0.25) is 11.8 Å². The molecule has 0 heterocycles. The first-order valence-corrected chi connectivity index (χ1v) is 6.32. The van der Waals surface area contributed by atoms with E-state index in [1.54, 1.807) is 0 Å². The molecular weight excluding hydrogens is 226 g/mol. The second kappa shape index (κ2) is 6.28. The number of halogens is 2. The van der Waals surface area contributed by atoms with Crippen LogP contribution in [-0.2, 0) is 4.79 Å². The minimum absolute atomic E-state index is 0.0785. The van der Waals surface area contributed by atoms with Crippen molar-refractivity contribution in [1.29, 1.82) is 0 Å². The van der Waals surface area contributed by atoms with Gasteiger partial charge in [-0.05, 0) is 32.6 Å². The average Bonchev–Trinajstić information content (AvgIpc) is 2.23. The monoisotopic (exact) mass is 248 g/mol. The Bertz CT molecular complexity index is 247. The van der Waals surface area contributed by atoms with Crippen LogP contribution in [0, 0.1) is 5.92 Å². The van der Waals surface area contributed by atoms with Gasteiger partial charge in [0.1, 0.15) is 0 Å². The number of nitrogens with one attached hydrogen (secondary N) is 1. The number of carbonyl (C=O) groups excluding carboxylic acids is 1. The molecule has 1 amide bonds. The molecule has 1 atom stereocenters. The van der Waals surface area contributed by atoms with Crippen LogP contribution in [0.4, 0.5) is 8.78 Å². The SMILES string of the molecule is CC(N)CCCNC(=O)C1CCC(F)(F)CC1. The highest BCUT2D eigenvalue weighted by atomic mass is 19.3. The first-order valence-electron chi connectivity index (χ1n) is 6.32. The zero-order chi connectivity index (χ0) is 12.9. The van der Waals surface area contributed by atoms with E-state index >= 15 is 0 Å². The maximum atomic E-state index is 12.9. The number of carbonyl (C=O) groups is 1. The third kappa shape index (κ3) is 5.44. The normalized spacial score (nSPS) is 22.1. The zero-order valence-electron chi connectivity index (χ0n) is 10.3. The van der Waals surface area contributed by atoms with Crippen LogP contribution in [0.1, 0.15) is 45.4 Å². The van der Waals surface area contributed by atoms with Gasteiger partial charge in [-0.1, -0.05) is 0 Å². The van der Waals surface area contributed by atoms with Crippen LogP contribution in [0.25, 0.3) is 0 Å². The third-order valence-corrected chi connectivity index (χ3v) is 3.22. The Morgan fingerprint density at radius 1 is 1.47 bits per heavy atom. The Balaban J connectivity index is 2.16. The lowest BCUT2D eigenvalue weighted by atomic mass is 9.86. The van der Waals surface area contributed by atoms with Crippen LogP contribution in [0.15, 0.2) is 0 Å². The second-order valence-electron chi connectivity index (χ2n) is 5.04. The smallest absolute Gasteiger partial charge is 0.248 e. The molecule has 0 bridgehead atoms. The Morgan fingerprint density at radius 2 is 2.06 bits per heavy atom. The second-order valence-corrected chi connectivity index (χ2v) is 5.04. The number of rotatable bonds is 5. The van der Waals surface area contributed by atoms with Crippen molar-refractivity contribution in [2.45, 2.75) is 57.4 Å². The molecule has 0 aromatic carbocycles. The summed E-state index contributed by atoms with van der Waals surface area (Å²) in [5.41, 5.74) is 5.59. The molecule has 1 rings (SSSR count). The summed E-state index contributed by atoms with van der Waals surface area (Å²) in [6.45, 7) is 2.51. The lowest BCUT2D eigenvalue weighted by Gasteiger charge is -2.27. The summed E-state index contributed by atoms with van der Waals surface area (Å²) in [5.74, 6) is -2.87. The van der Waals surface area contributed by atoms with Crippen molar-refractivity contribution in [2.24, 2.45) is 11.7 Å². The van der Waals surface area contributed by atoms with Crippen molar-refractivity contribution in [3.8, 4) is 0 Å². The number of hydrogen-bond donors (Lipinski definition) is 2. The van der Waals surface area contributed by atoms with Crippen LogP contribution in [0.5, 0.6) is 0 Å². The summed E-state index contributed by atoms with van der Waals surface area (Å²) in [4.78, 5) is 11.7. The average molecular weight is 248 g/mol. The fourth-order valence-corrected chi connectivity index (χ4v) is 2.08. The number of hydrogen-bond acceptors (Lipinski definition) is 2. The number of amides is 1. The van der Waals surface area contributed by atoms with E-state index in [2.05, 4.69) is 5.32 Å². The van der Waals surface area contributed by atoms with E-state index in [-0.39, 0.29) is 30.7 Å². The first kappa shape index (κ1) is 14.4. The van der Waals surface area contributed by atoms with Gasteiger partial charge in [-0.25, -0.2) is 8.78 Å². The molecule has 0 aromatic heterocycles. The highest BCUT2D eigenvalue weighted by molar-refractivity contribution is 5.78. The van der Waals surface area contributed by atoms with Gasteiger partial charge in [-0.3, -0.25) is 4.79 Å². The fourth-order valence-electron chi connectivity index (χ4n) is 2.08. The van der Waals surface area contributed by atoms with Gasteiger partial charge < -0.3 is 11.1 Å². The number of alkyl halides is 2.